The van der Waals surface area contributed by atoms with Crippen molar-refractivity contribution in [3.05, 3.63) is 18.2 Å². The van der Waals surface area contributed by atoms with Crippen molar-refractivity contribution in [2.45, 2.75) is 70.1 Å². The predicted molar refractivity (Wildman–Crippen MR) is 137 cm³/mol. The first kappa shape index (κ1) is 31.8. The van der Waals surface area contributed by atoms with Gasteiger partial charge < -0.3 is 49.0 Å². The van der Waals surface area contributed by atoms with Crippen LogP contribution in [0.3, 0.4) is 0 Å². The van der Waals surface area contributed by atoms with E-state index in [9.17, 15) is 29.1 Å². The molecule has 16 nitrogen and oxygen atoms in total. The van der Waals surface area contributed by atoms with Gasteiger partial charge in [0.05, 0.1) is 18.8 Å². The Kier molecular flexibility index (Phi) is 13.2. The van der Waals surface area contributed by atoms with Gasteiger partial charge in [-0.3, -0.25) is 24.2 Å². The molecule has 0 saturated carbocycles. The number of aromatic amines is 1. The van der Waals surface area contributed by atoms with Crippen LogP contribution in [0.5, 0.6) is 0 Å². The Morgan fingerprint density at radius 1 is 1.05 bits per heavy atom. The molecular formula is C22H38N10O6. The summed E-state index contributed by atoms with van der Waals surface area (Å²) in [5.74, 6) is -5.00. The first-order chi connectivity index (χ1) is 17.8. The van der Waals surface area contributed by atoms with Crippen molar-refractivity contribution in [3.8, 4) is 0 Å². The molecule has 1 heterocycles. The van der Waals surface area contributed by atoms with E-state index in [2.05, 4.69) is 30.9 Å². The number of carboxylic acid groups (broad SMARTS) is 1. The smallest absolute Gasteiger partial charge is 0.326 e. The van der Waals surface area contributed by atoms with E-state index in [0.29, 0.717) is 18.5 Å². The van der Waals surface area contributed by atoms with Gasteiger partial charge in [-0.25, -0.2) is 9.78 Å². The fraction of sp³-hybridized carbons (Fsp3) is 0.591. The normalized spacial score (nSPS) is 14.7. The van der Waals surface area contributed by atoms with Gasteiger partial charge >= 0.3 is 5.97 Å². The molecule has 4 amide bonds. The van der Waals surface area contributed by atoms with Crippen LogP contribution in [0.2, 0.25) is 0 Å². The van der Waals surface area contributed by atoms with Gasteiger partial charge in [0.15, 0.2) is 5.96 Å². The number of carbonyl (C=O) groups excluding carboxylic acids is 4. The molecule has 0 aliphatic rings. The Hall–Kier alpha value is -4.21. The van der Waals surface area contributed by atoms with Gasteiger partial charge in [0.25, 0.3) is 0 Å². The fourth-order valence-corrected chi connectivity index (χ4v) is 3.37. The zero-order valence-electron chi connectivity index (χ0n) is 21.5. The van der Waals surface area contributed by atoms with Crippen molar-refractivity contribution < 1.29 is 29.1 Å². The molecule has 1 rings (SSSR count). The van der Waals surface area contributed by atoms with E-state index in [1.807, 2.05) is 0 Å². The number of amides is 4. The Balaban J connectivity index is 2.94. The third-order valence-electron chi connectivity index (χ3n) is 5.73. The second kappa shape index (κ2) is 15.8. The molecule has 0 radical (unpaired) electrons. The molecular weight excluding hydrogens is 500 g/mol. The number of hydrogen-bond acceptors (Lipinski definition) is 8. The number of hydrogen-bond donors (Lipinski definition) is 9. The number of nitrogens with one attached hydrogen (secondary N) is 4. The lowest BCUT2D eigenvalue weighted by atomic mass is 9.97. The van der Waals surface area contributed by atoms with Crippen LogP contribution >= 0.6 is 0 Å². The number of primary amides is 1. The molecule has 16 heteroatoms. The third kappa shape index (κ3) is 11.2. The van der Waals surface area contributed by atoms with Crippen molar-refractivity contribution in [3.63, 3.8) is 0 Å². The van der Waals surface area contributed by atoms with Crippen molar-refractivity contribution >= 4 is 35.6 Å². The van der Waals surface area contributed by atoms with Gasteiger partial charge in [-0.2, -0.15) is 0 Å². The summed E-state index contributed by atoms with van der Waals surface area (Å²) in [6, 6.07) is -4.91. The van der Waals surface area contributed by atoms with E-state index in [-0.39, 0.29) is 31.3 Å². The highest BCUT2D eigenvalue weighted by molar-refractivity contribution is 5.96. The zero-order chi connectivity index (χ0) is 28.8. The molecule has 1 aromatic heterocycles. The topological polar surface area (TPSA) is 287 Å². The van der Waals surface area contributed by atoms with Crippen molar-refractivity contribution in [1.82, 2.24) is 25.9 Å². The maximum absolute atomic E-state index is 13.1. The summed E-state index contributed by atoms with van der Waals surface area (Å²) < 4.78 is 0. The summed E-state index contributed by atoms with van der Waals surface area (Å²) in [5, 5.41) is 16.8. The molecule has 13 N–H and O–H groups in total. The number of imidazole rings is 1. The summed E-state index contributed by atoms with van der Waals surface area (Å²) >= 11 is 0. The average Bonchev–Trinajstić information content (AvgIpc) is 3.36. The van der Waals surface area contributed by atoms with E-state index in [1.165, 1.54) is 12.5 Å². The Morgan fingerprint density at radius 2 is 1.71 bits per heavy atom. The van der Waals surface area contributed by atoms with E-state index < -0.39 is 60.2 Å². The van der Waals surface area contributed by atoms with Crippen LogP contribution in [0.25, 0.3) is 0 Å². The number of H-pyrrole nitrogens is 1. The first-order valence-electron chi connectivity index (χ1n) is 12.1. The Bertz CT molecular complexity index is 979. The number of carboxylic acids is 1. The summed E-state index contributed by atoms with van der Waals surface area (Å²) in [5.41, 5.74) is 22.2. The lowest BCUT2D eigenvalue weighted by molar-refractivity contribution is -0.142. The molecule has 0 aliphatic heterocycles. The van der Waals surface area contributed by atoms with Gasteiger partial charge in [0, 0.05) is 24.9 Å². The number of carbonyl (C=O) groups is 5. The highest BCUT2D eigenvalue weighted by atomic mass is 16.4. The highest BCUT2D eigenvalue weighted by Crippen LogP contribution is 2.10. The minimum absolute atomic E-state index is 0.0814. The fourth-order valence-electron chi connectivity index (χ4n) is 3.37. The van der Waals surface area contributed by atoms with E-state index in [4.69, 9.17) is 22.9 Å². The Morgan fingerprint density at radius 3 is 2.24 bits per heavy atom. The summed E-state index contributed by atoms with van der Waals surface area (Å²) in [6.45, 7) is 3.79. The monoisotopic (exact) mass is 538 g/mol. The molecule has 0 saturated heterocycles. The van der Waals surface area contributed by atoms with E-state index in [1.54, 1.807) is 13.8 Å². The van der Waals surface area contributed by atoms with Crippen molar-refractivity contribution in [1.29, 1.82) is 0 Å². The quantitative estimate of drug-likeness (QED) is 0.0543. The molecule has 212 valence electrons. The number of aliphatic imine (C=N–C) groups is 1. The molecule has 0 fully saturated rings. The van der Waals surface area contributed by atoms with E-state index in [0.717, 1.165) is 0 Å². The van der Waals surface area contributed by atoms with Crippen molar-refractivity contribution in [2.75, 3.05) is 6.54 Å². The second-order valence-electron chi connectivity index (χ2n) is 8.84. The van der Waals surface area contributed by atoms with Crippen LogP contribution in [-0.2, 0) is 30.4 Å². The maximum Gasteiger partial charge on any atom is 0.326 e. The zero-order valence-corrected chi connectivity index (χ0v) is 21.5. The highest BCUT2D eigenvalue weighted by Gasteiger charge is 2.33. The lowest BCUT2D eigenvalue weighted by Crippen LogP contribution is -2.59. The molecule has 0 spiro atoms. The SMILES string of the molecule is CCC(C)C(NC(=O)C(N)CCCN=C(N)N)C(=O)NC(CC(N)=O)C(=O)NC(Cc1cnc[nH]1)C(=O)O. The van der Waals surface area contributed by atoms with Crippen LogP contribution in [0.4, 0.5) is 0 Å². The minimum Gasteiger partial charge on any atom is -0.480 e. The molecule has 0 aliphatic carbocycles. The van der Waals surface area contributed by atoms with Crippen LogP contribution < -0.4 is 38.9 Å². The number of nitrogens with zero attached hydrogens (tertiary/aromatic N) is 2. The maximum atomic E-state index is 13.1. The minimum atomic E-state index is -1.49. The number of guanidine groups is 1. The van der Waals surface area contributed by atoms with E-state index >= 15 is 0 Å². The van der Waals surface area contributed by atoms with Crippen LogP contribution in [0.15, 0.2) is 17.5 Å². The van der Waals surface area contributed by atoms with Crippen LogP contribution in [0, 0.1) is 5.92 Å². The largest absolute Gasteiger partial charge is 0.480 e. The number of aliphatic carboxylic acids is 1. The first-order valence-corrected chi connectivity index (χ1v) is 12.1. The second-order valence-corrected chi connectivity index (χ2v) is 8.84. The molecule has 5 atom stereocenters. The number of aromatic nitrogens is 2. The molecule has 1 aromatic rings. The summed E-state index contributed by atoms with van der Waals surface area (Å²) in [7, 11) is 0. The summed E-state index contributed by atoms with van der Waals surface area (Å²) in [6.07, 6.45) is 3.19. The molecule has 5 unspecified atom stereocenters. The third-order valence-corrected chi connectivity index (χ3v) is 5.73. The predicted octanol–water partition coefficient (Wildman–Crippen LogP) is -3.21. The molecule has 38 heavy (non-hydrogen) atoms. The van der Waals surface area contributed by atoms with Gasteiger partial charge in [-0.15, -0.1) is 0 Å². The Labute approximate surface area is 219 Å². The standard InChI is InChI=1S/C22H38N10O6/c1-3-11(2)17(32-18(34)13(23)5-4-6-28-22(25)26)20(36)30-14(8-16(24)33)19(35)31-15(21(37)38)7-12-9-27-10-29-12/h9-11,13-15,17H,3-8,23H2,1-2H3,(H2,24,33)(H,27,29)(H,30,36)(H,31,35)(H,32,34)(H,37,38)(H4,25,26,28). The van der Waals surface area contributed by atoms with Gasteiger partial charge in [-0.1, -0.05) is 20.3 Å². The number of nitrogens with two attached hydrogens (primary N) is 4. The lowest BCUT2D eigenvalue weighted by Gasteiger charge is -2.27. The van der Waals surface area contributed by atoms with Gasteiger partial charge in [0.2, 0.25) is 23.6 Å². The molecule has 0 aromatic carbocycles. The van der Waals surface area contributed by atoms with Crippen LogP contribution in [0.1, 0.15) is 45.2 Å². The van der Waals surface area contributed by atoms with Crippen LogP contribution in [-0.4, -0.2) is 81.3 Å². The number of rotatable bonds is 17. The summed E-state index contributed by atoms with van der Waals surface area (Å²) in [4.78, 5) is 72.3. The van der Waals surface area contributed by atoms with Crippen molar-refractivity contribution in [2.24, 2.45) is 33.8 Å². The van der Waals surface area contributed by atoms with Gasteiger partial charge in [0.1, 0.15) is 18.1 Å². The average molecular weight is 539 g/mol. The molecule has 0 bridgehead atoms. The van der Waals surface area contributed by atoms with Gasteiger partial charge in [-0.05, 0) is 18.8 Å².